The van der Waals surface area contributed by atoms with Gasteiger partial charge in [-0.2, -0.15) is 0 Å². The van der Waals surface area contributed by atoms with Crippen LogP contribution in [0.1, 0.15) is 42.7 Å². The van der Waals surface area contributed by atoms with Crippen LogP contribution in [0.4, 0.5) is 0 Å². The van der Waals surface area contributed by atoms with E-state index < -0.39 is 0 Å². The Kier molecular flexibility index (Phi) is 6.42. The number of hydrogen-bond acceptors (Lipinski definition) is 2. The van der Waals surface area contributed by atoms with Crippen LogP contribution >= 0.6 is 0 Å². The van der Waals surface area contributed by atoms with Crippen LogP contribution in [0.25, 0.3) is 0 Å². The Morgan fingerprint density at radius 3 is 1.92 bits per heavy atom. The fourth-order valence-corrected chi connectivity index (χ4v) is 3.58. The van der Waals surface area contributed by atoms with Gasteiger partial charge in [0.25, 0.3) is 0 Å². The average Bonchev–Trinajstić information content (AvgIpc) is 3.23. The molecule has 1 saturated carbocycles. The van der Waals surface area contributed by atoms with Crippen LogP contribution in [0.2, 0.25) is 0 Å². The second kappa shape index (κ2) is 9.18. The molecule has 1 aliphatic carbocycles. The van der Waals surface area contributed by atoms with Crippen LogP contribution in [0, 0.1) is 5.92 Å². The van der Waals surface area contributed by atoms with Gasteiger partial charge in [0.1, 0.15) is 0 Å². The molecule has 136 valence electrons. The van der Waals surface area contributed by atoms with Gasteiger partial charge < -0.3 is 10.6 Å². The molecule has 0 spiro atoms. The molecule has 2 aromatic rings. The zero-order valence-corrected chi connectivity index (χ0v) is 15.0. The average molecular weight is 350 g/mol. The van der Waals surface area contributed by atoms with Crippen LogP contribution < -0.4 is 10.6 Å². The van der Waals surface area contributed by atoms with Gasteiger partial charge in [-0.25, -0.2) is 0 Å². The summed E-state index contributed by atoms with van der Waals surface area (Å²) in [5.41, 5.74) is 2.32. The van der Waals surface area contributed by atoms with Crippen molar-refractivity contribution in [1.29, 1.82) is 0 Å². The van der Waals surface area contributed by atoms with Crippen LogP contribution in [-0.4, -0.2) is 24.9 Å². The van der Waals surface area contributed by atoms with E-state index in [1.807, 2.05) is 36.4 Å². The van der Waals surface area contributed by atoms with Gasteiger partial charge in [0.05, 0.1) is 6.54 Å². The van der Waals surface area contributed by atoms with Gasteiger partial charge in [-0.05, 0) is 24.0 Å². The highest BCUT2D eigenvalue weighted by atomic mass is 16.2. The fourth-order valence-electron chi connectivity index (χ4n) is 3.58. The van der Waals surface area contributed by atoms with Crippen LogP contribution in [0.15, 0.2) is 60.7 Å². The highest BCUT2D eigenvalue weighted by molar-refractivity contribution is 5.85. The second-order valence-corrected chi connectivity index (χ2v) is 6.88. The molecule has 0 aliphatic heterocycles. The van der Waals surface area contributed by atoms with Gasteiger partial charge in [-0.1, -0.05) is 73.5 Å². The molecule has 0 bridgehead atoms. The normalized spacial score (nSPS) is 14.3. The smallest absolute Gasteiger partial charge is 0.239 e. The van der Waals surface area contributed by atoms with Crippen molar-refractivity contribution in [2.45, 2.75) is 31.6 Å². The highest BCUT2D eigenvalue weighted by Crippen LogP contribution is 2.25. The minimum Gasteiger partial charge on any atom is -0.354 e. The SMILES string of the molecule is O=C(CNC(=O)C1CCCC1)NCC(c1ccccc1)c1ccccc1. The van der Waals surface area contributed by atoms with Crippen molar-refractivity contribution in [3.05, 3.63) is 71.8 Å². The molecular formula is C22H26N2O2. The topological polar surface area (TPSA) is 58.2 Å². The van der Waals surface area contributed by atoms with E-state index in [1.165, 1.54) is 0 Å². The van der Waals surface area contributed by atoms with Crippen molar-refractivity contribution in [1.82, 2.24) is 10.6 Å². The van der Waals surface area contributed by atoms with Gasteiger partial charge in [0.2, 0.25) is 11.8 Å². The summed E-state index contributed by atoms with van der Waals surface area (Å²) in [6.45, 7) is 0.553. The van der Waals surface area contributed by atoms with E-state index in [-0.39, 0.29) is 30.2 Å². The molecule has 2 N–H and O–H groups in total. The zero-order chi connectivity index (χ0) is 18.2. The van der Waals surface area contributed by atoms with E-state index >= 15 is 0 Å². The summed E-state index contributed by atoms with van der Waals surface area (Å²) in [4.78, 5) is 24.2. The number of amides is 2. The van der Waals surface area contributed by atoms with Gasteiger partial charge >= 0.3 is 0 Å². The van der Waals surface area contributed by atoms with Crippen LogP contribution in [-0.2, 0) is 9.59 Å². The van der Waals surface area contributed by atoms with Crippen LogP contribution in [0.5, 0.6) is 0 Å². The molecule has 2 amide bonds. The number of carbonyl (C=O) groups is 2. The second-order valence-electron chi connectivity index (χ2n) is 6.88. The van der Waals surface area contributed by atoms with E-state index in [1.54, 1.807) is 0 Å². The van der Waals surface area contributed by atoms with Crippen molar-refractivity contribution in [3.8, 4) is 0 Å². The van der Waals surface area contributed by atoms with Crippen LogP contribution in [0.3, 0.4) is 0 Å². The number of hydrogen-bond donors (Lipinski definition) is 2. The first-order valence-corrected chi connectivity index (χ1v) is 9.38. The summed E-state index contributed by atoms with van der Waals surface area (Å²) < 4.78 is 0. The van der Waals surface area contributed by atoms with Crippen molar-refractivity contribution < 1.29 is 9.59 Å². The first kappa shape index (κ1) is 18.2. The van der Waals surface area contributed by atoms with E-state index in [9.17, 15) is 9.59 Å². The summed E-state index contributed by atoms with van der Waals surface area (Å²) in [5, 5.41) is 5.75. The molecule has 0 heterocycles. The summed E-state index contributed by atoms with van der Waals surface area (Å²) >= 11 is 0. The summed E-state index contributed by atoms with van der Waals surface area (Å²) in [5.74, 6) is 0.0459. The van der Waals surface area contributed by atoms with Gasteiger partial charge in [0.15, 0.2) is 0 Å². The molecule has 1 aliphatic rings. The first-order valence-electron chi connectivity index (χ1n) is 9.38. The quantitative estimate of drug-likeness (QED) is 0.805. The number of rotatable bonds is 7. The van der Waals surface area contributed by atoms with Crippen molar-refractivity contribution in [3.63, 3.8) is 0 Å². The molecule has 4 heteroatoms. The molecule has 4 nitrogen and oxygen atoms in total. The largest absolute Gasteiger partial charge is 0.354 e. The Hall–Kier alpha value is -2.62. The fraction of sp³-hybridized carbons (Fsp3) is 0.364. The lowest BCUT2D eigenvalue weighted by atomic mass is 9.91. The predicted octanol–water partition coefficient (Wildman–Crippen LogP) is 3.24. The number of nitrogens with one attached hydrogen (secondary N) is 2. The molecule has 3 rings (SSSR count). The molecule has 0 atom stereocenters. The number of carbonyl (C=O) groups excluding carboxylic acids is 2. The lowest BCUT2D eigenvalue weighted by molar-refractivity contribution is -0.128. The minimum atomic E-state index is -0.145. The molecular weight excluding hydrogens is 324 g/mol. The molecule has 0 aromatic heterocycles. The molecule has 2 aromatic carbocycles. The van der Waals surface area contributed by atoms with Gasteiger partial charge in [0, 0.05) is 18.4 Å². The highest BCUT2D eigenvalue weighted by Gasteiger charge is 2.23. The van der Waals surface area contributed by atoms with E-state index in [4.69, 9.17) is 0 Å². The Morgan fingerprint density at radius 1 is 0.846 bits per heavy atom. The Morgan fingerprint density at radius 2 is 1.38 bits per heavy atom. The first-order chi connectivity index (χ1) is 12.7. The van der Waals surface area contributed by atoms with E-state index in [0.717, 1.165) is 36.8 Å². The third kappa shape index (κ3) is 4.94. The Bertz CT molecular complexity index is 670. The molecule has 0 radical (unpaired) electrons. The third-order valence-corrected chi connectivity index (χ3v) is 5.06. The summed E-state index contributed by atoms with van der Waals surface area (Å²) in [7, 11) is 0. The summed E-state index contributed by atoms with van der Waals surface area (Å²) in [6, 6.07) is 20.3. The predicted molar refractivity (Wildman–Crippen MR) is 103 cm³/mol. The lowest BCUT2D eigenvalue weighted by Crippen LogP contribution is -2.40. The van der Waals surface area contributed by atoms with Crippen molar-refractivity contribution in [2.75, 3.05) is 13.1 Å². The Balaban J connectivity index is 1.55. The molecule has 26 heavy (non-hydrogen) atoms. The standard InChI is InChI=1S/C22H26N2O2/c25-21(16-24-22(26)19-13-7-8-14-19)23-15-20(17-9-3-1-4-10-17)18-11-5-2-6-12-18/h1-6,9-12,19-20H,7-8,13-16H2,(H,23,25)(H,24,26). The monoisotopic (exact) mass is 350 g/mol. The molecule has 0 unspecified atom stereocenters. The Labute approximate surface area is 155 Å². The minimum absolute atomic E-state index is 0.0142. The maximum atomic E-state index is 12.2. The van der Waals surface area contributed by atoms with E-state index in [2.05, 4.69) is 34.9 Å². The maximum absolute atomic E-state index is 12.2. The van der Waals surface area contributed by atoms with Gasteiger partial charge in [-0.3, -0.25) is 9.59 Å². The van der Waals surface area contributed by atoms with Crippen molar-refractivity contribution >= 4 is 11.8 Å². The maximum Gasteiger partial charge on any atom is 0.239 e. The van der Waals surface area contributed by atoms with E-state index in [0.29, 0.717) is 6.54 Å². The summed E-state index contributed by atoms with van der Waals surface area (Å²) in [6.07, 6.45) is 4.11. The molecule has 0 saturated heterocycles. The van der Waals surface area contributed by atoms with Gasteiger partial charge in [-0.15, -0.1) is 0 Å². The lowest BCUT2D eigenvalue weighted by Gasteiger charge is -2.19. The zero-order valence-electron chi connectivity index (χ0n) is 15.0. The van der Waals surface area contributed by atoms with Crippen molar-refractivity contribution in [2.24, 2.45) is 5.92 Å². The molecule has 1 fully saturated rings. The third-order valence-electron chi connectivity index (χ3n) is 5.06. The number of benzene rings is 2.